The van der Waals surface area contributed by atoms with Crippen molar-refractivity contribution >= 4 is 5.91 Å². The van der Waals surface area contributed by atoms with Crippen molar-refractivity contribution in [1.82, 2.24) is 10.2 Å². The van der Waals surface area contributed by atoms with E-state index in [0.29, 0.717) is 5.92 Å². The number of nitrogens with zero attached hydrogens (tertiary/aromatic N) is 1. The summed E-state index contributed by atoms with van der Waals surface area (Å²) in [7, 11) is 0. The zero-order valence-corrected chi connectivity index (χ0v) is 12.8. The van der Waals surface area contributed by atoms with Gasteiger partial charge in [-0.1, -0.05) is 12.8 Å². The SMILES string of the molecule is NCC1CCC(C(=O)NCCN2CCCCCC2)CC1. The number of rotatable bonds is 5. The number of nitrogens with two attached hydrogens (primary N) is 1. The number of carbonyl (C=O) groups is 1. The van der Waals surface area contributed by atoms with Crippen LogP contribution in [0.1, 0.15) is 51.4 Å². The molecule has 1 aliphatic carbocycles. The lowest BCUT2D eigenvalue weighted by Crippen LogP contribution is -2.39. The second-order valence-corrected chi connectivity index (χ2v) is 6.50. The summed E-state index contributed by atoms with van der Waals surface area (Å²) in [6.45, 7) is 5.03. The van der Waals surface area contributed by atoms with Gasteiger partial charge in [-0.2, -0.15) is 0 Å². The zero-order valence-electron chi connectivity index (χ0n) is 12.8. The van der Waals surface area contributed by atoms with Gasteiger partial charge >= 0.3 is 0 Å². The smallest absolute Gasteiger partial charge is 0.223 e. The maximum absolute atomic E-state index is 12.1. The molecule has 1 saturated heterocycles. The summed E-state index contributed by atoms with van der Waals surface area (Å²) >= 11 is 0. The number of carbonyl (C=O) groups excluding carboxylic acids is 1. The molecule has 0 aromatic heterocycles. The molecule has 116 valence electrons. The van der Waals surface area contributed by atoms with Crippen LogP contribution in [0.25, 0.3) is 0 Å². The molecule has 0 bridgehead atoms. The summed E-state index contributed by atoms with van der Waals surface area (Å²) in [4.78, 5) is 14.6. The zero-order chi connectivity index (χ0) is 14.2. The number of hydrogen-bond acceptors (Lipinski definition) is 3. The maximum atomic E-state index is 12.1. The van der Waals surface area contributed by atoms with E-state index in [1.165, 1.54) is 38.8 Å². The number of hydrogen-bond donors (Lipinski definition) is 2. The molecule has 20 heavy (non-hydrogen) atoms. The molecule has 1 amide bonds. The van der Waals surface area contributed by atoms with Crippen molar-refractivity contribution in [1.29, 1.82) is 0 Å². The van der Waals surface area contributed by atoms with Gasteiger partial charge in [-0.15, -0.1) is 0 Å². The Morgan fingerprint density at radius 1 is 1.05 bits per heavy atom. The molecule has 1 heterocycles. The molecular formula is C16H31N3O. The Labute approximate surface area is 123 Å². The Balaban J connectivity index is 1.60. The second-order valence-electron chi connectivity index (χ2n) is 6.50. The molecule has 0 aromatic rings. The fourth-order valence-electron chi connectivity index (χ4n) is 3.50. The highest BCUT2D eigenvalue weighted by Crippen LogP contribution is 2.28. The van der Waals surface area contributed by atoms with Crippen molar-refractivity contribution in [2.45, 2.75) is 51.4 Å². The Morgan fingerprint density at radius 2 is 1.70 bits per heavy atom. The van der Waals surface area contributed by atoms with Gasteiger partial charge in [0.1, 0.15) is 0 Å². The van der Waals surface area contributed by atoms with Crippen LogP contribution in [0.2, 0.25) is 0 Å². The van der Waals surface area contributed by atoms with Crippen molar-refractivity contribution in [3.05, 3.63) is 0 Å². The van der Waals surface area contributed by atoms with Crippen molar-refractivity contribution < 1.29 is 4.79 Å². The molecule has 1 aliphatic heterocycles. The van der Waals surface area contributed by atoms with E-state index in [0.717, 1.165) is 45.3 Å². The van der Waals surface area contributed by atoms with Gasteiger partial charge in [-0.3, -0.25) is 4.79 Å². The van der Waals surface area contributed by atoms with Gasteiger partial charge < -0.3 is 16.0 Å². The quantitative estimate of drug-likeness (QED) is 0.807. The summed E-state index contributed by atoms with van der Waals surface area (Å²) in [5, 5.41) is 3.14. The summed E-state index contributed by atoms with van der Waals surface area (Å²) in [6, 6.07) is 0. The van der Waals surface area contributed by atoms with E-state index in [2.05, 4.69) is 10.2 Å². The lowest BCUT2D eigenvalue weighted by Gasteiger charge is -2.27. The van der Waals surface area contributed by atoms with Crippen molar-refractivity contribution in [3.8, 4) is 0 Å². The van der Waals surface area contributed by atoms with Crippen LogP contribution in [-0.2, 0) is 4.79 Å². The molecule has 0 atom stereocenters. The molecule has 3 N–H and O–H groups in total. The van der Waals surface area contributed by atoms with Gasteiger partial charge in [0.2, 0.25) is 5.91 Å². The Hall–Kier alpha value is -0.610. The third kappa shape index (κ3) is 5.06. The lowest BCUT2D eigenvalue weighted by molar-refractivity contribution is -0.126. The van der Waals surface area contributed by atoms with Crippen LogP contribution in [0.15, 0.2) is 0 Å². The predicted molar refractivity (Wildman–Crippen MR) is 82.4 cm³/mol. The Bertz CT molecular complexity index is 279. The van der Waals surface area contributed by atoms with Gasteiger partial charge in [-0.05, 0) is 64.1 Å². The van der Waals surface area contributed by atoms with E-state index >= 15 is 0 Å². The fourth-order valence-corrected chi connectivity index (χ4v) is 3.50. The molecule has 0 aromatic carbocycles. The van der Waals surface area contributed by atoms with E-state index in [-0.39, 0.29) is 11.8 Å². The third-order valence-corrected chi connectivity index (χ3v) is 4.98. The molecule has 0 unspecified atom stereocenters. The van der Waals surface area contributed by atoms with Crippen LogP contribution in [0, 0.1) is 11.8 Å². The molecular weight excluding hydrogens is 250 g/mol. The van der Waals surface area contributed by atoms with Gasteiger partial charge in [0.15, 0.2) is 0 Å². The monoisotopic (exact) mass is 281 g/mol. The van der Waals surface area contributed by atoms with E-state index in [4.69, 9.17) is 5.73 Å². The lowest BCUT2D eigenvalue weighted by atomic mass is 9.81. The van der Waals surface area contributed by atoms with Crippen molar-refractivity contribution in [2.24, 2.45) is 17.6 Å². The molecule has 2 rings (SSSR count). The van der Waals surface area contributed by atoms with Crippen molar-refractivity contribution in [2.75, 3.05) is 32.7 Å². The molecule has 2 aliphatic rings. The molecule has 1 saturated carbocycles. The minimum Gasteiger partial charge on any atom is -0.355 e. The normalized spacial score (nSPS) is 28.9. The molecule has 4 nitrogen and oxygen atoms in total. The van der Waals surface area contributed by atoms with Gasteiger partial charge in [0.25, 0.3) is 0 Å². The van der Waals surface area contributed by atoms with E-state index in [1.807, 2.05) is 0 Å². The minimum atomic E-state index is 0.238. The number of nitrogens with one attached hydrogen (secondary N) is 1. The number of amides is 1. The standard InChI is InChI=1S/C16H31N3O/c17-13-14-5-7-15(8-6-14)16(20)18-9-12-19-10-3-1-2-4-11-19/h14-15H,1-13,17H2,(H,18,20). The highest BCUT2D eigenvalue weighted by atomic mass is 16.1. The van der Waals surface area contributed by atoms with Gasteiger partial charge in [-0.25, -0.2) is 0 Å². The molecule has 0 radical (unpaired) electrons. The Morgan fingerprint density at radius 3 is 2.30 bits per heavy atom. The van der Waals surface area contributed by atoms with Gasteiger partial charge in [0, 0.05) is 19.0 Å². The predicted octanol–water partition coefficient (Wildman–Crippen LogP) is 1.74. The van der Waals surface area contributed by atoms with Crippen molar-refractivity contribution in [3.63, 3.8) is 0 Å². The summed E-state index contributed by atoms with van der Waals surface area (Å²) in [5.74, 6) is 1.16. The van der Waals surface area contributed by atoms with Crippen LogP contribution in [0.4, 0.5) is 0 Å². The highest BCUT2D eigenvalue weighted by molar-refractivity contribution is 5.78. The average Bonchev–Trinajstić information content (AvgIpc) is 2.76. The van der Waals surface area contributed by atoms with Crippen LogP contribution < -0.4 is 11.1 Å². The second kappa shape index (κ2) is 8.63. The first-order valence-electron chi connectivity index (χ1n) is 8.49. The third-order valence-electron chi connectivity index (χ3n) is 4.98. The van der Waals surface area contributed by atoms with E-state index in [9.17, 15) is 4.79 Å². The number of likely N-dealkylation sites (tertiary alicyclic amines) is 1. The maximum Gasteiger partial charge on any atom is 0.223 e. The summed E-state index contributed by atoms with van der Waals surface area (Å²) < 4.78 is 0. The van der Waals surface area contributed by atoms with Gasteiger partial charge in [0.05, 0.1) is 0 Å². The summed E-state index contributed by atoms with van der Waals surface area (Å²) in [5.41, 5.74) is 5.69. The van der Waals surface area contributed by atoms with E-state index < -0.39 is 0 Å². The minimum absolute atomic E-state index is 0.238. The van der Waals surface area contributed by atoms with Crippen LogP contribution in [-0.4, -0.2) is 43.5 Å². The van der Waals surface area contributed by atoms with Crippen LogP contribution in [0.5, 0.6) is 0 Å². The largest absolute Gasteiger partial charge is 0.355 e. The molecule has 2 fully saturated rings. The molecule has 4 heteroatoms. The van der Waals surface area contributed by atoms with Crippen LogP contribution >= 0.6 is 0 Å². The first kappa shape index (κ1) is 15.8. The average molecular weight is 281 g/mol. The fraction of sp³-hybridized carbons (Fsp3) is 0.938. The summed E-state index contributed by atoms with van der Waals surface area (Å²) in [6.07, 6.45) is 9.67. The topological polar surface area (TPSA) is 58.4 Å². The first-order valence-corrected chi connectivity index (χ1v) is 8.49. The first-order chi connectivity index (χ1) is 9.79. The van der Waals surface area contributed by atoms with Crippen LogP contribution in [0.3, 0.4) is 0 Å². The molecule has 0 spiro atoms. The highest BCUT2D eigenvalue weighted by Gasteiger charge is 2.25. The van der Waals surface area contributed by atoms with E-state index in [1.54, 1.807) is 0 Å². The Kier molecular flexibility index (Phi) is 6.80.